The van der Waals surface area contributed by atoms with E-state index in [1.54, 1.807) is 18.6 Å². The van der Waals surface area contributed by atoms with Crippen LogP contribution < -0.4 is 5.32 Å². The van der Waals surface area contributed by atoms with Crippen molar-refractivity contribution in [1.82, 2.24) is 19.5 Å². The molecule has 0 spiro atoms. The van der Waals surface area contributed by atoms with E-state index in [9.17, 15) is 4.79 Å². The van der Waals surface area contributed by atoms with Crippen molar-refractivity contribution in [2.24, 2.45) is 5.92 Å². The molecule has 0 aromatic carbocycles. The summed E-state index contributed by atoms with van der Waals surface area (Å²) in [5.74, 6) is 0.677. The van der Waals surface area contributed by atoms with Gasteiger partial charge in [-0.05, 0) is 18.1 Å². The van der Waals surface area contributed by atoms with Crippen LogP contribution in [0.3, 0.4) is 0 Å². The second kappa shape index (κ2) is 5.93. The number of imidazole rings is 1. The Hall–Kier alpha value is -2.76. The molecule has 0 aliphatic carbocycles. The molecule has 3 heterocycles. The monoisotopic (exact) mass is 295 g/mol. The number of hydrogen-bond donors (Lipinski definition) is 1. The molecule has 1 N–H and O–H groups in total. The van der Waals surface area contributed by atoms with Crippen molar-refractivity contribution in [3.05, 3.63) is 48.7 Å². The number of pyridine rings is 2. The highest BCUT2D eigenvalue weighted by Gasteiger charge is 2.15. The van der Waals surface area contributed by atoms with Crippen molar-refractivity contribution in [2.75, 3.05) is 5.32 Å². The molecule has 0 saturated heterocycles. The average Bonchev–Trinajstić information content (AvgIpc) is 2.93. The number of carbonyl (C=O) groups is 1. The lowest BCUT2D eigenvalue weighted by Crippen LogP contribution is -2.18. The molecule has 0 aliphatic heterocycles. The number of carbonyl (C=O) groups excluding carboxylic acids is 1. The smallest absolute Gasteiger partial charge is 0.278 e. The van der Waals surface area contributed by atoms with Crippen LogP contribution in [-0.4, -0.2) is 25.4 Å². The zero-order valence-corrected chi connectivity index (χ0v) is 12.5. The van der Waals surface area contributed by atoms with Gasteiger partial charge in [-0.2, -0.15) is 0 Å². The normalized spacial score (nSPS) is 11.0. The summed E-state index contributed by atoms with van der Waals surface area (Å²) in [6.07, 6.45) is 6.79. The van der Waals surface area contributed by atoms with E-state index in [1.165, 1.54) is 0 Å². The first-order valence-corrected chi connectivity index (χ1v) is 7.17. The second-order valence-electron chi connectivity index (χ2n) is 5.49. The molecule has 3 aromatic rings. The maximum Gasteiger partial charge on any atom is 0.278 e. The van der Waals surface area contributed by atoms with E-state index in [2.05, 4.69) is 34.1 Å². The first-order chi connectivity index (χ1) is 10.6. The van der Waals surface area contributed by atoms with Gasteiger partial charge in [0, 0.05) is 36.7 Å². The highest BCUT2D eigenvalue weighted by Crippen LogP contribution is 2.15. The minimum atomic E-state index is -0.305. The molecule has 0 bridgehead atoms. The van der Waals surface area contributed by atoms with Crippen LogP contribution in [0.1, 0.15) is 24.3 Å². The maximum absolute atomic E-state index is 12.5. The van der Waals surface area contributed by atoms with Crippen LogP contribution in [0.5, 0.6) is 0 Å². The van der Waals surface area contributed by atoms with Crippen molar-refractivity contribution in [2.45, 2.75) is 20.4 Å². The third kappa shape index (κ3) is 2.81. The molecule has 0 aliphatic rings. The summed E-state index contributed by atoms with van der Waals surface area (Å²) in [6, 6.07) is 5.57. The summed E-state index contributed by atoms with van der Waals surface area (Å²) in [4.78, 5) is 25.1. The summed E-state index contributed by atoms with van der Waals surface area (Å²) in [6.45, 7) is 5.01. The van der Waals surface area contributed by atoms with Gasteiger partial charge in [0.1, 0.15) is 5.52 Å². The number of nitrogens with one attached hydrogen (secondary N) is 1. The molecular weight excluding hydrogens is 278 g/mol. The van der Waals surface area contributed by atoms with Gasteiger partial charge in [0.25, 0.3) is 5.91 Å². The fourth-order valence-corrected chi connectivity index (χ4v) is 2.30. The van der Waals surface area contributed by atoms with Gasteiger partial charge in [-0.25, -0.2) is 9.97 Å². The standard InChI is InChI=1S/C16H17N5O/c1-11(2)10-21-9-8-19-16(21)20-15(22)14-13-12(5-7-18-14)4-3-6-17-13/h3-9,11H,10H2,1-2H3,(H,19,20,22). The lowest BCUT2D eigenvalue weighted by molar-refractivity contribution is 0.102. The highest BCUT2D eigenvalue weighted by atomic mass is 16.2. The van der Waals surface area contributed by atoms with Gasteiger partial charge in [0.2, 0.25) is 5.95 Å². The average molecular weight is 295 g/mol. The van der Waals surface area contributed by atoms with E-state index in [0.29, 0.717) is 23.1 Å². The lowest BCUT2D eigenvalue weighted by atomic mass is 10.2. The molecule has 6 nitrogen and oxygen atoms in total. The van der Waals surface area contributed by atoms with E-state index in [-0.39, 0.29) is 5.91 Å². The molecule has 112 valence electrons. The second-order valence-corrected chi connectivity index (χ2v) is 5.49. The third-order valence-electron chi connectivity index (χ3n) is 3.24. The van der Waals surface area contributed by atoms with Gasteiger partial charge in [-0.1, -0.05) is 19.9 Å². The highest BCUT2D eigenvalue weighted by molar-refractivity contribution is 6.09. The molecule has 22 heavy (non-hydrogen) atoms. The molecular formula is C16H17N5O. The van der Waals surface area contributed by atoms with Crippen molar-refractivity contribution in [3.63, 3.8) is 0 Å². The third-order valence-corrected chi connectivity index (χ3v) is 3.24. The number of rotatable bonds is 4. The van der Waals surface area contributed by atoms with Crippen LogP contribution in [0.25, 0.3) is 10.9 Å². The minimum absolute atomic E-state index is 0.303. The molecule has 0 saturated carbocycles. The van der Waals surface area contributed by atoms with Gasteiger partial charge < -0.3 is 4.57 Å². The molecule has 0 fully saturated rings. The number of nitrogens with zero attached hydrogens (tertiary/aromatic N) is 4. The van der Waals surface area contributed by atoms with Crippen LogP contribution in [-0.2, 0) is 6.54 Å². The summed E-state index contributed by atoms with van der Waals surface area (Å²) < 4.78 is 1.92. The molecule has 6 heteroatoms. The van der Waals surface area contributed by atoms with Gasteiger partial charge in [0.05, 0.1) is 0 Å². The quantitative estimate of drug-likeness (QED) is 0.803. The van der Waals surface area contributed by atoms with Crippen molar-refractivity contribution >= 4 is 22.8 Å². The Bertz CT molecular complexity index is 804. The number of amides is 1. The van der Waals surface area contributed by atoms with Crippen LogP contribution in [0.15, 0.2) is 43.0 Å². The van der Waals surface area contributed by atoms with Crippen LogP contribution in [0.4, 0.5) is 5.95 Å². The number of fused-ring (bicyclic) bond motifs is 1. The van der Waals surface area contributed by atoms with Gasteiger partial charge >= 0.3 is 0 Å². The fraction of sp³-hybridized carbons (Fsp3) is 0.250. The fourth-order valence-electron chi connectivity index (χ4n) is 2.30. The predicted molar refractivity (Wildman–Crippen MR) is 84.6 cm³/mol. The summed E-state index contributed by atoms with van der Waals surface area (Å²) in [5, 5.41) is 3.70. The van der Waals surface area contributed by atoms with Gasteiger partial charge in [-0.3, -0.25) is 15.1 Å². The van der Waals surface area contributed by atoms with Gasteiger partial charge in [0.15, 0.2) is 5.69 Å². The number of anilines is 1. The van der Waals surface area contributed by atoms with Crippen molar-refractivity contribution in [3.8, 4) is 0 Å². The lowest BCUT2D eigenvalue weighted by Gasteiger charge is -2.11. The Kier molecular flexibility index (Phi) is 3.82. The summed E-state index contributed by atoms with van der Waals surface area (Å²) >= 11 is 0. The molecule has 0 atom stereocenters. The van der Waals surface area contributed by atoms with E-state index < -0.39 is 0 Å². The Balaban J connectivity index is 1.90. The first-order valence-electron chi connectivity index (χ1n) is 7.17. The summed E-state index contributed by atoms with van der Waals surface area (Å²) in [5.41, 5.74) is 0.890. The largest absolute Gasteiger partial charge is 0.317 e. The first kappa shape index (κ1) is 14.2. The SMILES string of the molecule is CC(C)Cn1ccnc1NC(=O)c1nccc2cccnc12. The molecule has 3 rings (SSSR count). The van der Waals surface area contributed by atoms with E-state index in [0.717, 1.165) is 11.9 Å². The minimum Gasteiger partial charge on any atom is -0.317 e. The number of hydrogen-bond acceptors (Lipinski definition) is 4. The van der Waals surface area contributed by atoms with Crippen LogP contribution in [0, 0.1) is 5.92 Å². The van der Waals surface area contributed by atoms with Gasteiger partial charge in [-0.15, -0.1) is 0 Å². The van der Waals surface area contributed by atoms with E-state index >= 15 is 0 Å². The maximum atomic E-state index is 12.5. The zero-order chi connectivity index (χ0) is 15.5. The van der Waals surface area contributed by atoms with Crippen LogP contribution in [0.2, 0.25) is 0 Å². The zero-order valence-electron chi connectivity index (χ0n) is 12.5. The van der Waals surface area contributed by atoms with Crippen LogP contribution >= 0.6 is 0 Å². The number of aromatic nitrogens is 4. The Morgan fingerprint density at radius 1 is 1.18 bits per heavy atom. The van der Waals surface area contributed by atoms with Crippen molar-refractivity contribution in [1.29, 1.82) is 0 Å². The Morgan fingerprint density at radius 3 is 2.86 bits per heavy atom. The molecule has 1 amide bonds. The topological polar surface area (TPSA) is 72.7 Å². The molecule has 0 unspecified atom stereocenters. The Morgan fingerprint density at radius 2 is 2.05 bits per heavy atom. The molecule has 3 aromatic heterocycles. The molecule has 0 radical (unpaired) electrons. The predicted octanol–water partition coefficient (Wildman–Crippen LogP) is 2.73. The summed E-state index contributed by atoms with van der Waals surface area (Å²) in [7, 11) is 0. The van der Waals surface area contributed by atoms with E-state index in [1.807, 2.05) is 29.0 Å². The van der Waals surface area contributed by atoms with Crippen molar-refractivity contribution < 1.29 is 4.79 Å². The van der Waals surface area contributed by atoms with E-state index in [4.69, 9.17) is 0 Å². The Labute approximate surface area is 128 Å².